The minimum Gasteiger partial charge on any atom is -0.366 e. The Morgan fingerprint density at radius 3 is 2.79 bits per heavy atom. The Morgan fingerprint density at radius 1 is 1.14 bits per heavy atom. The summed E-state index contributed by atoms with van der Waals surface area (Å²) in [6.07, 6.45) is 9.00. The third-order valence-electron chi connectivity index (χ3n) is 4.49. The lowest BCUT2D eigenvalue weighted by Gasteiger charge is -2.11. The van der Waals surface area contributed by atoms with Gasteiger partial charge in [-0.1, -0.05) is 6.07 Å². The number of nitrogens with zero attached hydrogens (tertiary/aromatic N) is 6. The van der Waals surface area contributed by atoms with Crippen molar-refractivity contribution >= 4 is 17.3 Å². The van der Waals surface area contributed by atoms with Crippen LogP contribution in [0.5, 0.6) is 0 Å². The normalized spacial score (nSPS) is 17.4. The molecule has 1 fully saturated rings. The summed E-state index contributed by atoms with van der Waals surface area (Å²) < 4.78 is 1.54. The van der Waals surface area contributed by atoms with E-state index < -0.39 is 0 Å². The number of hydrogen-bond acceptors (Lipinski definition) is 7. The molecule has 138 valence electrons. The van der Waals surface area contributed by atoms with E-state index >= 15 is 0 Å². The van der Waals surface area contributed by atoms with Crippen LogP contribution in [-0.2, 0) is 0 Å². The van der Waals surface area contributed by atoms with Crippen molar-refractivity contribution in [2.24, 2.45) is 4.99 Å². The molecule has 3 aromatic heterocycles. The Morgan fingerprint density at radius 2 is 2.07 bits per heavy atom. The van der Waals surface area contributed by atoms with E-state index in [0.29, 0.717) is 23.0 Å². The van der Waals surface area contributed by atoms with Crippen molar-refractivity contribution in [1.29, 1.82) is 5.26 Å². The Labute approximate surface area is 161 Å². The van der Waals surface area contributed by atoms with E-state index in [2.05, 4.69) is 25.3 Å². The summed E-state index contributed by atoms with van der Waals surface area (Å²) in [6, 6.07) is 10.9. The van der Waals surface area contributed by atoms with Gasteiger partial charge in [0.05, 0.1) is 24.3 Å². The zero-order chi connectivity index (χ0) is 19.3. The lowest BCUT2D eigenvalue weighted by molar-refractivity contribution is 0.757. The highest BCUT2D eigenvalue weighted by Gasteiger charge is 2.21. The largest absolute Gasteiger partial charge is 0.366 e. The van der Waals surface area contributed by atoms with Crippen molar-refractivity contribution in [3.63, 3.8) is 0 Å². The van der Waals surface area contributed by atoms with Crippen molar-refractivity contribution in [2.45, 2.75) is 25.3 Å². The second kappa shape index (κ2) is 7.80. The topological polar surface area (TPSA) is 109 Å². The molecule has 0 amide bonds. The summed E-state index contributed by atoms with van der Waals surface area (Å²) in [5, 5.41) is 12.1. The standard InChI is InChI=1S/C20H17N7O/c21-10-16-11-23-19(13-22-16)26-15-5-4-14(9-15)25-18-7-6-17(12-24-18)27-8-2-1-3-20(27)28/h1-3,6-8,11-13,15H,4-5,9H2,(H,23,26)/t15-/m0/s1. The number of nitrogens with one attached hydrogen (secondary N) is 1. The van der Waals surface area contributed by atoms with Gasteiger partial charge in [-0.05, 0) is 31.0 Å². The van der Waals surface area contributed by atoms with E-state index in [4.69, 9.17) is 5.26 Å². The van der Waals surface area contributed by atoms with Gasteiger partial charge in [-0.25, -0.2) is 19.9 Å². The molecule has 0 unspecified atom stereocenters. The van der Waals surface area contributed by atoms with Crippen LogP contribution in [-0.4, -0.2) is 31.3 Å². The van der Waals surface area contributed by atoms with E-state index in [1.165, 1.54) is 16.8 Å². The molecular formula is C20H17N7O. The molecule has 0 radical (unpaired) electrons. The number of pyridine rings is 2. The van der Waals surface area contributed by atoms with Crippen LogP contribution in [0.1, 0.15) is 25.0 Å². The van der Waals surface area contributed by atoms with Crippen molar-refractivity contribution in [3.05, 3.63) is 71.2 Å². The summed E-state index contributed by atoms with van der Waals surface area (Å²) in [7, 11) is 0. The maximum atomic E-state index is 11.9. The van der Waals surface area contributed by atoms with E-state index in [0.717, 1.165) is 25.0 Å². The summed E-state index contributed by atoms with van der Waals surface area (Å²) in [5.41, 5.74) is 1.97. The van der Waals surface area contributed by atoms with Crippen LogP contribution in [0.3, 0.4) is 0 Å². The van der Waals surface area contributed by atoms with Crippen LogP contribution in [0.25, 0.3) is 5.69 Å². The molecule has 8 nitrogen and oxygen atoms in total. The van der Waals surface area contributed by atoms with Gasteiger partial charge < -0.3 is 5.32 Å². The smallest absolute Gasteiger partial charge is 0.255 e. The maximum Gasteiger partial charge on any atom is 0.255 e. The van der Waals surface area contributed by atoms with Gasteiger partial charge in [0.25, 0.3) is 5.56 Å². The summed E-state index contributed by atoms with van der Waals surface area (Å²) >= 11 is 0. The second-order valence-electron chi connectivity index (χ2n) is 6.44. The van der Waals surface area contributed by atoms with E-state index in [1.54, 1.807) is 30.7 Å². The molecule has 0 aromatic carbocycles. The lowest BCUT2D eigenvalue weighted by Crippen LogP contribution is -2.16. The molecule has 0 bridgehead atoms. The number of anilines is 1. The van der Waals surface area contributed by atoms with Gasteiger partial charge in [0.1, 0.15) is 11.9 Å². The molecular weight excluding hydrogens is 354 g/mol. The molecule has 1 aliphatic carbocycles. The lowest BCUT2D eigenvalue weighted by atomic mass is 10.2. The Balaban J connectivity index is 1.41. The first-order valence-electron chi connectivity index (χ1n) is 8.90. The van der Waals surface area contributed by atoms with Crippen molar-refractivity contribution < 1.29 is 0 Å². The average Bonchev–Trinajstić information content (AvgIpc) is 3.16. The summed E-state index contributed by atoms with van der Waals surface area (Å²) in [4.78, 5) is 29.1. The number of nitriles is 1. The van der Waals surface area contributed by atoms with Gasteiger partial charge in [-0.15, -0.1) is 0 Å². The third kappa shape index (κ3) is 3.94. The molecule has 0 aliphatic heterocycles. The van der Waals surface area contributed by atoms with Gasteiger partial charge >= 0.3 is 0 Å². The molecule has 1 atom stereocenters. The van der Waals surface area contributed by atoms with Gasteiger partial charge in [0.2, 0.25) is 0 Å². The highest BCUT2D eigenvalue weighted by atomic mass is 16.1. The van der Waals surface area contributed by atoms with Gasteiger partial charge in [0.15, 0.2) is 11.5 Å². The van der Waals surface area contributed by atoms with Crippen LogP contribution >= 0.6 is 0 Å². The van der Waals surface area contributed by atoms with E-state index in [-0.39, 0.29) is 11.6 Å². The third-order valence-corrected chi connectivity index (χ3v) is 4.49. The van der Waals surface area contributed by atoms with Crippen LogP contribution in [0.4, 0.5) is 11.6 Å². The molecule has 8 heteroatoms. The number of hydrogen-bond donors (Lipinski definition) is 1. The zero-order valence-corrected chi connectivity index (χ0v) is 15.0. The molecule has 4 rings (SSSR count). The molecule has 28 heavy (non-hydrogen) atoms. The van der Waals surface area contributed by atoms with Gasteiger partial charge in [-0.2, -0.15) is 5.26 Å². The molecule has 3 aromatic rings. The summed E-state index contributed by atoms with van der Waals surface area (Å²) in [6.45, 7) is 0. The number of aromatic nitrogens is 4. The Kier molecular flexibility index (Phi) is 4.89. The monoisotopic (exact) mass is 371 g/mol. The Hall–Kier alpha value is -3.86. The van der Waals surface area contributed by atoms with Gasteiger partial charge in [-0.3, -0.25) is 9.36 Å². The van der Waals surface area contributed by atoms with Crippen LogP contribution in [0.15, 0.2) is 64.9 Å². The van der Waals surface area contributed by atoms with E-state index in [9.17, 15) is 4.79 Å². The SMILES string of the molecule is N#Cc1cnc(N[C@H]2CCC(=Nc3ccc(-n4ccccc4=O)cn3)C2)cn1. The number of aliphatic imine (C=N–C) groups is 1. The fraction of sp³-hybridized carbons (Fsp3) is 0.200. The van der Waals surface area contributed by atoms with Crippen molar-refractivity contribution in [1.82, 2.24) is 19.5 Å². The van der Waals surface area contributed by atoms with E-state index in [1.807, 2.05) is 18.2 Å². The first-order valence-corrected chi connectivity index (χ1v) is 8.90. The quantitative estimate of drug-likeness (QED) is 0.755. The molecule has 1 N–H and O–H groups in total. The maximum absolute atomic E-state index is 11.9. The zero-order valence-electron chi connectivity index (χ0n) is 15.0. The highest BCUT2D eigenvalue weighted by Crippen LogP contribution is 2.22. The Bertz CT molecular complexity index is 1090. The molecule has 1 aliphatic rings. The van der Waals surface area contributed by atoms with Crippen LogP contribution in [0, 0.1) is 11.3 Å². The highest BCUT2D eigenvalue weighted by molar-refractivity contribution is 5.89. The second-order valence-corrected chi connectivity index (χ2v) is 6.44. The van der Waals surface area contributed by atoms with Crippen LogP contribution < -0.4 is 10.9 Å². The fourth-order valence-electron chi connectivity index (χ4n) is 3.11. The van der Waals surface area contributed by atoms with Crippen molar-refractivity contribution in [3.8, 4) is 11.8 Å². The predicted molar refractivity (Wildman–Crippen MR) is 105 cm³/mol. The molecule has 0 spiro atoms. The fourth-order valence-corrected chi connectivity index (χ4v) is 3.11. The van der Waals surface area contributed by atoms with Crippen LogP contribution in [0.2, 0.25) is 0 Å². The molecule has 0 saturated heterocycles. The summed E-state index contributed by atoms with van der Waals surface area (Å²) in [5.74, 6) is 1.28. The van der Waals surface area contributed by atoms with Crippen molar-refractivity contribution in [2.75, 3.05) is 5.32 Å². The minimum absolute atomic E-state index is 0.0982. The molecule has 1 saturated carbocycles. The minimum atomic E-state index is -0.0982. The van der Waals surface area contributed by atoms with Gasteiger partial charge in [0, 0.05) is 30.4 Å². The first-order chi connectivity index (χ1) is 13.7. The number of rotatable bonds is 4. The average molecular weight is 371 g/mol. The predicted octanol–water partition coefficient (Wildman–Crippen LogP) is 2.63. The first kappa shape index (κ1) is 17.5. The molecule has 3 heterocycles.